The third-order valence-corrected chi connectivity index (χ3v) is 4.53. The quantitative estimate of drug-likeness (QED) is 0.574. The molecule has 2 aromatic heterocycles. The van der Waals surface area contributed by atoms with Crippen molar-refractivity contribution in [1.29, 1.82) is 0 Å². The van der Waals surface area contributed by atoms with Gasteiger partial charge in [-0.1, -0.05) is 19.9 Å². The first-order valence-electron chi connectivity index (χ1n) is 9.56. The van der Waals surface area contributed by atoms with Gasteiger partial charge in [0.25, 0.3) is 0 Å². The van der Waals surface area contributed by atoms with Crippen molar-refractivity contribution in [3.63, 3.8) is 0 Å². The molecule has 0 unspecified atom stereocenters. The van der Waals surface area contributed by atoms with E-state index in [2.05, 4.69) is 24.1 Å². The minimum absolute atomic E-state index is 0.0765. The highest BCUT2D eigenvalue weighted by Gasteiger charge is 2.20. The van der Waals surface area contributed by atoms with Crippen molar-refractivity contribution in [3.05, 3.63) is 64.6 Å². The number of hydrogen-bond acceptors (Lipinski definition) is 4. The molecular weight excluding hydrogens is 376 g/mol. The lowest BCUT2D eigenvalue weighted by Gasteiger charge is -2.11. The van der Waals surface area contributed by atoms with E-state index in [0.717, 1.165) is 12.1 Å². The molecule has 0 saturated carbocycles. The van der Waals surface area contributed by atoms with Gasteiger partial charge in [-0.25, -0.2) is 13.8 Å². The number of aryl methyl sites for hydroxylation is 2. The van der Waals surface area contributed by atoms with Crippen LogP contribution in [-0.4, -0.2) is 28.3 Å². The summed E-state index contributed by atoms with van der Waals surface area (Å²) >= 11 is 0. The lowest BCUT2D eigenvalue weighted by molar-refractivity contribution is 0.0984. The number of imidazole rings is 1. The van der Waals surface area contributed by atoms with Crippen LogP contribution in [0.5, 0.6) is 5.75 Å². The average Bonchev–Trinajstić information content (AvgIpc) is 2.96. The lowest BCUT2D eigenvalue weighted by Crippen LogP contribution is -2.27. The predicted octanol–water partition coefficient (Wildman–Crippen LogP) is 4.24. The lowest BCUT2D eigenvalue weighted by atomic mass is 10.2. The third-order valence-electron chi connectivity index (χ3n) is 4.53. The number of aromatic nitrogens is 2. The highest BCUT2D eigenvalue weighted by atomic mass is 19.1. The molecule has 154 valence electrons. The number of nitrogens with one attached hydrogen (secondary N) is 1. The van der Waals surface area contributed by atoms with Crippen molar-refractivity contribution >= 4 is 11.4 Å². The van der Waals surface area contributed by atoms with Crippen molar-refractivity contribution in [2.75, 3.05) is 13.1 Å². The maximum atomic E-state index is 13.9. The number of rotatable bonds is 8. The topological polar surface area (TPSA) is 55.6 Å². The number of benzene rings is 1. The molecule has 0 aliphatic heterocycles. The zero-order valence-corrected chi connectivity index (χ0v) is 17.1. The van der Waals surface area contributed by atoms with Gasteiger partial charge in [0, 0.05) is 6.20 Å². The molecule has 1 aromatic carbocycles. The van der Waals surface area contributed by atoms with Crippen LogP contribution in [0.15, 0.2) is 30.5 Å². The number of carbonyl (C=O) groups is 1. The molecule has 3 rings (SSSR count). The first-order valence-corrected chi connectivity index (χ1v) is 9.56. The number of pyridine rings is 1. The van der Waals surface area contributed by atoms with E-state index < -0.39 is 11.6 Å². The van der Waals surface area contributed by atoms with Crippen molar-refractivity contribution in [3.8, 4) is 5.75 Å². The van der Waals surface area contributed by atoms with E-state index in [9.17, 15) is 13.6 Å². The van der Waals surface area contributed by atoms with Gasteiger partial charge in [0.05, 0.1) is 17.8 Å². The van der Waals surface area contributed by atoms with Gasteiger partial charge in [-0.05, 0) is 50.1 Å². The van der Waals surface area contributed by atoms with Gasteiger partial charge in [0.15, 0.2) is 17.2 Å². The van der Waals surface area contributed by atoms with Crippen molar-refractivity contribution in [1.82, 2.24) is 14.7 Å². The molecule has 0 fully saturated rings. The number of Topliss-reactive ketones (excluding diaryl/α,β-unsaturated/α-hetero) is 1. The first-order chi connectivity index (χ1) is 13.8. The number of hydrogen-bond donors (Lipinski definition) is 1. The van der Waals surface area contributed by atoms with Crippen molar-refractivity contribution < 1.29 is 18.3 Å². The van der Waals surface area contributed by atoms with Gasteiger partial charge in [0.2, 0.25) is 0 Å². The van der Waals surface area contributed by atoms with Gasteiger partial charge in [-0.3, -0.25) is 9.20 Å². The fourth-order valence-corrected chi connectivity index (χ4v) is 3.18. The van der Waals surface area contributed by atoms with Crippen LogP contribution >= 0.6 is 0 Å². The number of fused-ring (bicyclic) bond motifs is 1. The van der Waals surface area contributed by atoms with Gasteiger partial charge >= 0.3 is 0 Å². The molecule has 0 aliphatic carbocycles. The summed E-state index contributed by atoms with van der Waals surface area (Å²) < 4.78 is 35.2. The van der Waals surface area contributed by atoms with Crippen LogP contribution in [0.1, 0.15) is 41.2 Å². The molecule has 0 amide bonds. The van der Waals surface area contributed by atoms with E-state index in [-0.39, 0.29) is 24.5 Å². The summed E-state index contributed by atoms with van der Waals surface area (Å²) in [6, 6.07) is 5.43. The Morgan fingerprint density at radius 3 is 2.59 bits per heavy atom. The largest absolute Gasteiger partial charge is 0.485 e. The molecule has 0 bridgehead atoms. The summed E-state index contributed by atoms with van der Waals surface area (Å²) in [7, 11) is 0. The average molecular weight is 401 g/mol. The highest BCUT2D eigenvalue weighted by molar-refractivity contribution is 5.98. The first kappa shape index (κ1) is 20.9. The maximum absolute atomic E-state index is 13.9. The maximum Gasteiger partial charge on any atom is 0.195 e. The van der Waals surface area contributed by atoms with E-state index >= 15 is 0 Å². The number of halogens is 2. The van der Waals surface area contributed by atoms with Crippen LogP contribution in [-0.2, 0) is 6.61 Å². The summed E-state index contributed by atoms with van der Waals surface area (Å²) in [6.07, 6.45) is 1.81. The van der Waals surface area contributed by atoms with Crippen LogP contribution in [0.4, 0.5) is 8.78 Å². The minimum Gasteiger partial charge on any atom is -0.485 e. The molecular formula is C22H25F2N3O2. The van der Waals surface area contributed by atoms with E-state index in [1.807, 2.05) is 13.1 Å². The second-order valence-corrected chi connectivity index (χ2v) is 7.56. The van der Waals surface area contributed by atoms with Crippen LogP contribution in [0.3, 0.4) is 0 Å². The Hall–Kier alpha value is -2.80. The Kier molecular flexibility index (Phi) is 6.27. The Bertz CT molecular complexity index is 1020. The molecule has 5 nitrogen and oxygen atoms in total. The normalized spacial score (nSPS) is 11.4. The zero-order valence-electron chi connectivity index (χ0n) is 17.1. The molecule has 0 atom stereocenters. The smallest absolute Gasteiger partial charge is 0.195 e. The standard InChI is InChI=1S/C22H25F2N3O2/c1-13(2)9-25-10-19(28)21-15(4)26-22-20(8-14(3)11-27(21)22)29-12-16-17(23)6-5-7-18(16)24/h5-8,11,13,25H,9-10,12H2,1-4H3. The molecule has 3 aromatic rings. The molecule has 0 aliphatic rings. The van der Waals surface area contributed by atoms with Gasteiger partial charge in [-0.15, -0.1) is 0 Å². The van der Waals surface area contributed by atoms with Crippen molar-refractivity contribution in [2.24, 2.45) is 5.92 Å². The Morgan fingerprint density at radius 2 is 1.93 bits per heavy atom. The molecule has 0 radical (unpaired) electrons. The fourth-order valence-electron chi connectivity index (χ4n) is 3.18. The van der Waals surface area contributed by atoms with Crippen molar-refractivity contribution in [2.45, 2.75) is 34.3 Å². The number of carbonyl (C=O) groups excluding carboxylic acids is 1. The second kappa shape index (κ2) is 8.69. The van der Waals surface area contributed by atoms with E-state index in [4.69, 9.17) is 4.74 Å². The highest BCUT2D eigenvalue weighted by Crippen LogP contribution is 2.26. The van der Waals surface area contributed by atoms with Gasteiger partial charge in [0.1, 0.15) is 23.9 Å². The van der Waals surface area contributed by atoms with Crippen LogP contribution in [0.25, 0.3) is 5.65 Å². The monoisotopic (exact) mass is 401 g/mol. The molecule has 2 heterocycles. The van der Waals surface area contributed by atoms with E-state index in [1.54, 1.807) is 17.4 Å². The SMILES string of the molecule is Cc1cc(OCc2c(F)cccc2F)c2nc(C)c(C(=O)CNCC(C)C)n2c1. The van der Waals surface area contributed by atoms with Gasteiger partial charge in [-0.2, -0.15) is 0 Å². The Labute approximate surface area is 168 Å². The van der Waals surface area contributed by atoms with Gasteiger partial charge < -0.3 is 10.1 Å². The summed E-state index contributed by atoms with van der Waals surface area (Å²) in [5.74, 6) is -0.607. The summed E-state index contributed by atoms with van der Waals surface area (Å²) in [5, 5.41) is 3.15. The van der Waals surface area contributed by atoms with Crippen LogP contribution in [0.2, 0.25) is 0 Å². The molecule has 0 saturated heterocycles. The third kappa shape index (κ3) is 4.62. The summed E-state index contributed by atoms with van der Waals surface area (Å²) in [6.45, 7) is 8.43. The Balaban J connectivity index is 1.91. The van der Waals surface area contributed by atoms with E-state index in [0.29, 0.717) is 28.7 Å². The molecule has 7 heteroatoms. The molecule has 29 heavy (non-hydrogen) atoms. The van der Waals surface area contributed by atoms with E-state index in [1.165, 1.54) is 18.2 Å². The summed E-state index contributed by atoms with van der Waals surface area (Å²) in [4.78, 5) is 17.2. The Morgan fingerprint density at radius 1 is 1.24 bits per heavy atom. The zero-order chi connectivity index (χ0) is 21.1. The molecule has 1 N–H and O–H groups in total. The van der Waals surface area contributed by atoms with Crippen LogP contribution < -0.4 is 10.1 Å². The fraction of sp³-hybridized carbons (Fsp3) is 0.364. The number of ether oxygens (including phenoxy) is 1. The summed E-state index contributed by atoms with van der Waals surface area (Å²) in [5.41, 5.74) is 2.18. The van der Waals surface area contributed by atoms with Crippen LogP contribution in [0, 0.1) is 31.4 Å². The number of nitrogens with zero attached hydrogens (tertiary/aromatic N) is 2. The minimum atomic E-state index is -0.666. The number of ketones is 1. The second-order valence-electron chi connectivity index (χ2n) is 7.56. The molecule has 0 spiro atoms. The predicted molar refractivity (Wildman–Crippen MR) is 107 cm³/mol.